The molecule has 0 saturated heterocycles. The fraction of sp³-hybridized carbons (Fsp3) is 0.571. The van der Waals surface area contributed by atoms with Crippen LogP contribution in [0.3, 0.4) is 0 Å². The Labute approximate surface area is 112 Å². The van der Waals surface area contributed by atoms with Crippen LogP contribution in [-0.2, 0) is 7.05 Å². The summed E-state index contributed by atoms with van der Waals surface area (Å²) >= 11 is 0. The van der Waals surface area contributed by atoms with Gasteiger partial charge < -0.3 is 15.0 Å². The zero-order valence-electron chi connectivity index (χ0n) is 11.1. The number of hydrogen-bond acceptors (Lipinski definition) is 3. The van der Waals surface area contributed by atoms with Gasteiger partial charge in [-0.2, -0.15) is 0 Å². The van der Waals surface area contributed by atoms with Gasteiger partial charge in [0, 0.05) is 37.3 Å². The van der Waals surface area contributed by atoms with Crippen LogP contribution in [0.1, 0.15) is 36.0 Å². The van der Waals surface area contributed by atoms with Gasteiger partial charge in [0.05, 0.1) is 6.10 Å². The fourth-order valence-electron chi connectivity index (χ4n) is 2.44. The van der Waals surface area contributed by atoms with Gasteiger partial charge in [0.15, 0.2) is 0 Å². The van der Waals surface area contributed by atoms with Crippen LogP contribution in [0.15, 0.2) is 23.1 Å². The monoisotopic (exact) mass is 264 g/mol. The number of nitrogens with zero attached hydrogens (tertiary/aromatic N) is 1. The maximum Gasteiger partial charge on any atom is 0.251 e. The first-order chi connectivity index (χ1) is 9.08. The zero-order valence-corrected chi connectivity index (χ0v) is 11.1. The molecule has 1 aromatic heterocycles. The third-order valence-electron chi connectivity index (χ3n) is 3.76. The van der Waals surface area contributed by atoms with Crippen molar-refractivity contribution in [3.05, 3.63) is 34.2 Å². The number of aromatic nitrogens is 1. The molecule has 2 atom stereocenters. The van der Waals surface area contributed by atoms with Crippen molar-refractivity contribution in [3.63, 3.8) is 0 Å². The third kappa shape index (κ3) is 3.44. The highest BCUT2D eigenvalue weighted by molar-refractivity contribution is 5.93. The van der Waals surface area contributed by atoms with Crippen molar-refractivity contribution in [1.82, 2.24) is 9.88 Å². The summed E-state index contributed by atoms with van der Waals surface area (Å²) in [7, 11) is 1.64. The second kappa shape index (κ2) is 6.02. The van der Waals surface area contributed by atoms with Crippen molar-refractivity contribution in [2.45, 2.75) is 31.8 Å². The molecule has 1 aliphatic rings. The van der Waals surface area contributed by atoms with Gasteiger partial charge in [0.2, 0.25) is 0 Å². The molecule has 2 rings (SSSR count). The van der Waals surface area contributed by atoms with Gasteiger partial charge >= 0.3 is 0 Å². The summed E-state index contributed by atoms with van der Waals surface area (Å²) in [5, 5.41) is 12.6. The van der Waals surface area contributed by atoms with Crippen LogP contribution in [0.25, 0.3) is 0 Å². The highest BCUT2D eigenvalue weighted by Crippen LogP contribution is 2.23. The first-order valence-corrected chi connectivity index (χ1v) is 6.71. The van der Waals surface area contributed by atoms with Gasteiger partial charge in [-0.15, -0.1) is 0 Å². The van der Waals surface area contributed by atoms with E-state index in [0.717, 1.165) is 25.7 Å². The SMILES string of the molecule is Cn1ccc(C(=O)NCC2CCCCC2O)cc1=O. The molecule has 2 N–H and O–H groups in total. The smallest absolute Gasteiger partial charge is 0.251 e. The third-order valence-corrected chi connectivity index (χ3v) is 3.76. The minimum Gasteiger partial charge on any atom is -0.393 e. The predicted molar refractivity (Wildman–Crippen MR) is 72.0 cm³/mol. The molecule has 1 heterocycles. The molecule has 0 spiro atoms. The average Bonchev–Trinajstić information content (AvgIpc) is 2.40. The molecule has 0 aliphatic heterocycles. The Bertz CT molecular complexity index is 510. The maximum atomic E-state index is 11.9. The molecular formula is C14H20N2O3. The van der Waals surface area contributed by atoms with E-state index in [-0.39, 0.29) is 23.5 Å². The van der Waals surface area contributed by atoms with Crippen LogP contribution in [0, 0.1) is 5.92 Å². The number of nitrogens with one attached hydrogen (secondary N) is 1. The van der Waals surface area contributed by atoms with Crippen LogP contribution in [0.5, 0.6) is 0 Å². The van der Waals surface area contributed by atoms with Crippen LogP contribution in [-0.4, -0.2) is 28.2 Å². The molecule has 1 aliphatic carbocycles. The van der Waals surface area contributed by atoms with Crippen LogP contribution in [0.4, 0.5) is 0 Å². The van der Waals surface area contributed by atoms with E-state index < -0.39 is 0 Å². The molecule has 5 heteroatoms. The molecule has 5 nitrogen and oxygen atoms in total. The normalized spacial score (nSPS) is 23.1. The first kappa shape index (κ1) is 13.8. The lowest BCUT2D eigenvalue weighted by Gasteiger charge is -2.27. The Morgan fingerprint density at radius 1 is 1.47 bits per heavy atom. The topological polar surface area (TPSA) is 71.3 Å². The van der Waals surface area contributed by atoms with Gasteiger partial charge in [-0.25, -0.2) is 0 Å². The number of carbonyl (C=O) groups is 1. The number of amides is 1. The number of rotatable bonds is 3. The summed E-state index contributed by atoms with van der Waals surface area (Å²) in [6.07, 6.45) is 5.17. The Hall–Kier alpha value is -1.62. The van der Waals surface area contributed by atoms with Crippen molar-refractivity contribution < 1.29 is 9.90 Å². The largest absolute Gasteiger partial charge is 0.393 e. The Morgan fingerprint density at radius 3 is 2.89 bits per heavy atom. The highest BCUT2D eigenvalue weighted by atomic mass is 16.3. The van der Waals surface area contributed by atoms with Gasteiger partial charge in [-0.05, 0) is 18.9 Å². The quantitative estimate of drug-likeness (QED) is 0.842. The summed E-state index contributed by atoms with van der Waals surface area (Å²) < 4.78 is 1.42. The number of aliphatic hydroxyl groups is 1. The second-order valence-electron chi connectivity index (χ2n) is 5.19. The second-order valence-corrected chi connectivity index (χ2v) is 5.19. The molecule has 1 amide bonds. The van der Waals surface area contributed by atoms with Gasteiger partial charge in [-0.1, -0.05) is 12.8 Å². The van der Waals surface area contributed by atoms with E-state index in [1.807, 2.05) is 0 Å². The standard InChI is InChI=1S/C14H20N2O3/c1-16-7-6-10(8-13(16)18)14(19)15-9-11-4-2-3-5-12(11)17/h6-8,11-12,17H,2-5,9H2,1H3,(H,15,19). The zero-order chi connectivity index (χ0) is 13.8. The Morgan fingerprint density at radius 2 is 2.21 bits per heavy atom. The minimum absolute atomic E-state index is 0.129. The highest BCUT2D eigenvalue weighted by Gasteiger charge is 2.23. The fourth-order valence-corrected chi connectivity index (χ4v) is 2.44. The first-order valence-electron chi connectivity index (χ1n) is 6.71. The van der Waals surface area contributed by atoms with E-state index in [1.165, 1.54) is 10.6 Å². The summed E-state index contributed by atoms with van der Waals surface area (Å²) in [4.78, 5) is 23.4. The number of aryl methyl sites for hydroxylation is 1. The predicted octanol–water partition coefficient (Wildman–Crippen LogP) is 0.666. The summed E-state index contributed by atoms with van der Waals surface area (Å²) in [6, 6.07) is 2.95. The van der Waals surface area contributed by atoms with Gasteiger partial charge in [0.25, 0.3) is 11.5 Å². The molecule has 1 aromatic rings. The van der Waals surface area contributed by atoms with Crippen LogP contribution >= 0.6 is 0 Å². The van der Waals surface area contributed by atoms with Crippen LogP contribution < -0.4 is 10.9 Å². The van der Waals surface area contributed by atoms with Crippen LogP contribution in [0.2, 0.25) is 0 Å². The summed E-state index contributed by atoms with van der Waals surface area (Å²) in [5.41, 5.74) is 0.166. The van der Waals surface area contributed by atoms with Crippen molar-refractivity contribution in [2.75, 3.05) is 6.54 Å². The molecule has 19 heavy (non-hydrogen) atoms. The molecule has 1 saturated carbocycles. The van der Waals surface area contributed by atoms with E-state index in [1.54, 1.807) is 19.3 Å². The van der Waals surface area contributed by atoms with E-state index in [4.69, 9.17) is 0 Å². The lowest BCUT2D eigenvalue weighted by atomic mass is 9.86. The molecule has 0 radical (unpaired) electrons. The average molecular weight is 264 g/mol. The van der Waals surface area contributed by atoms with Gasteiger partial charge in [-0.3, -0.25) is 9.59 Å². The van der Waals surface area contributed by atoms with Crippen molar-refractivity contribution >= 4 is 5.91 Å². The lowest BCUT2D eigenvalue weighted by Crippen LogP contribution is -2.37. The van der Waals surface area contributed by atoms with Crippen molar-refractivity contribution in [3.8, 4) is 0 Å². The Balaban J connectivity index is 1.93. The number of aliphatic hydroxyl groups excluding tert-OH is 1. The molecule has 104 valence electrons. The van der Waals surface area contributed by atoms with E-state index in [2.05, 4.69) is 5.32 Å². The van der Waals surface area contributed by atoms with E-state index >= 15 is 0 Å². The van der Waals surface area contributed by atoms with E-state index in [9.17, 15) is 14.7 Å². The van der Waals surface area contributed by atoms with E-state index in [0.29, 0.717) is 12.1 Å². The van der Waals surface area contributed by atoms with Gasteiger partial charge in [0.1, 0.15) is 0 Å². The molecular weight excluding hydrogens is 244 g/mol. The summed E-state index contributed by atoms with van der Waals surface area (Å²) in [6.45, 7) is 0.467. The molecule has 0 bridgehead atoms. The number of carbonyl (C=O) groups excluding carboxylic acids is 1. The minimum atomic E-state index is -0.322. The summed E-state index contributed by atoms with van der Waals surface area (Å²) in [5.74, 6) is -0.125. The Kier molecular flexibility index (Phi) is 4.37. The van der Waals surface area contributed by atoms with Crippen molar-refractivity contribution in [2.24, 2.45) is 13.0 Å². The molecule has 2 unspecified atom stereocenters. The van der Waals surface area contributed by atoms with Crippen molar-refractivity contribution in [1.29, 1.82) is 0 Å². The maximum absolute atomic E-state index is 11.9. The number of pyridine rings is 1. The molecule has 1 fully saturated rings. The lowest BCUT2D eigenvalue weighted by molar-refractivity contribution is 0.0663. The molecule has 0 aromatic carbocycles. The number of hydrogen-bond donors (Lipinski definition) is 2.